The van der Waals surface area contributed by atoms with Gasteiger partial charge < -0.3 is 14.8 Å². The average molecular weight is 400 g/mol. The molecule has 2 rings (SSSR count). The van der Waals surface area contributed by atoms with Crippen LogP contribution in [0.25, 0.3) is 0 Å². The summed E-state index contributed by atoms with van der Waals surface area (Å²) < 4.78 is 37.5. The molecule has 1 aliphatic heterocycles. The minimum absolute atomic E-state index is 0.0563. The van der Waals surface area contributed by atoms with E-state index in [4.69, 9.17) is 9.47 Å². The van der Waals surface area contributed by atoms with E-state index in [9.17, 15) is 13.2 Å². The normalized spacial score (nSPS) is 17.6. The van der Waals surface area contributed by atoms with Crippen LogP contribution in [0.1, 0.15) is 31.4 Å². The third-order valence-electron chi connectivity index (χ3n) is 4.88. The fraction of sp³-hybridized carbons (Fsp3) is 0.611. The Labute approximate surface area is 161 Å². The third-order valence-corrected chi connectivity index (χ3v) is 6.82. The van der Waals surface area contributed by atoms with Gasteiger partial charge in [-0.1, -0.05) is 6.07 Å². The van der Waals surface area contributed by atoms with Gasteiger partial charge >= 0.3 is 0 Å². The first-order valence-electron chi connectivity index (χ1n) is 8.90. The summed E-state index contributed by atoms with van der Waals surface area (Å²) in [7, 11) is 2.75. The lowest BCUT2D eigenvalue weighted by Crippen LogP contribution is -2.47. The molecule has 1 aromatic carbocycles. The van der Waals surface area contributed by atoms with Crippen molar-refractivity contribution in [3.05, 3.63) is 23.8 Å². The number of ether oxygens (including phenoxy) is 2. The number of hydrogen-bond acceptors (Lipinski definition) is 5. The predicted octanol–water partition coefficient (Wildman–Crippen LogP) is 1.40. The van der Waals surface area contributed by atoms with E-state index in [1.54, 1.807) is 20.3 Å². The van der Waals surface area contributed by atoms with E-state index >= 15 is 0 Å². The quantitative estimate of drug-likeness (QED) is 0.749. The summed E-state index contributed by atoms with van der Waals surface area (Å²) in [5.74, 6) is 0.993. The first-order valence-corrected chi connectivity index (χ1v) is 10.3. The lowest BCUT2D eigenvalue weighted by molar-refractivity contribution is -0.126. The second kappa shape index (κ2) is 8.90. The molecule has 1 aromatic rings. The zero-order valence-electron chi connectivity index (χ0n) is 16.6. The van der Waals surface area contributed by atoms with Crippen molar-refractivity contribution in [2.24, 2.45) is 5.92 Å². The van der Waals surface area contributed by atoms with Crippen molar-refractivity contribution in [2.45, 2.75) is 25.8 Å². The van der Waals surface area contributed by atoms with Crippen LogP contribution < -0.4 is 14.8 Å². The van der Waals surface area contributed by atoms with E-state index in [-0.39, 0.29) is 17.9 Å². The molecule has 27 heavy (non-hydrogen) atoms. The number of rotatable bonds is 7. The fourth-order valence-corrected chi connectivity index (χ4v) is 4.25. The number of piperidine rings is 1. The maximum atomic E-state index is 12.6. The topological polar surface area (TPSA) is 88.2 Å². The first kappa shape index (κ1) is 21.5. The van der Waals surface area contributed by atoms with Crippen LogP contribution in [0.2, 0.25) is 0 Å². The van der Waals surface area contributed by atoms with Gasteiger partial charge in [0.15, 0.2) is 11.5 Å². The lowest BCUT2D eigenvalue weighted by Gasteiger charge is -2.32. The maximum absolute atomic E-state index is 12.6. The van der Waals surface area contributed by atoms with Crippen molar-refractivity contribution in [3.63, 3.8) is 0 Å². The van der Waals surface area contributed by atoms with Gasteiger partial charge in [0.2, 0.25) is 5.91 Å². The molecule has 1 saturated heterocycles. The molecule has 0 spiro atoms. The van der Waals surface area contributed by atoms with Gasteiger partial charge in [0.1, 0.15) is 0 Å². The van der Waals surface area contributed by atoms with Crippen molar-refractivity contribution in [2.75, 3.05) is 41.4 Å². The molecular weight excluding hydrogens is 370 g/mol. The highest BCUT2D eigenvalue weighted by Crippen LogP contribution is 2.30. The zero-order chi connectivity index (χ0) is 20.2. The molecule has 0 aliphatic carbocycles. The second-order valence-electron chi connectivity index (χ2n) is 6.81. The Morgan fingerprint density at radius 2 is 1.78 bits per heavy atom. The van der Waals surface area contributed by atoms with Crippen LogP contribution in [0.4, 0.5) is 0 Å². The summed E-state index contributed by atoms with van der Waals surface area (Å²) in [6.45, 7) is 2.61. The summed E-state index contributed by atoms with van der Waals surface area (Å²) >= 11 is 0. The second-order valence-corrected chi connectivity index (χ2v) is 8.95. The highest BCUT2D eigenvalue weighted by Gasteiger charge is 2.32. The molecule has 0 aromatic heterocycles. The third kappa shape index (κ3) is 4.91. The molecule has 0 radical (unpaired) electrons. The molecule has 1 aliphatic rings. The van der Waals surface area contributed by atoms with E-state index in [1.165, 1.54) is 22.7 Å². The molecule has 0 unspecified atom stereocenters. The van der Waals surface area contributed by atoms with Gasteiger partial charge in [0, 0.05) is 33.1 Å². The maximum Gasteiger partial charge on any atom is 0.281 e. The highest BCUT2D eigenvalue weighted by molar-refractivity contribution is 7.86. The molecule has 8 nitrogen and oxygen atoms in total. The number of methoxy groups -OCH3 is 2. The molecule has 1 N–H and O–H groups in total. The smallest absolute Gasteiger partial charge is 0.281 e. The van der Waals surface area contributed by atoms with E-state index in [1.807, 2.05) is 19.1 Å². The van der Waals surface area contributed by atoms with Crippen LogP contribution >= 0.6 is 0 Å². The van der Waals surface area contributed by atoms with Gasteiger partial charge in [-0.15, -0.1) is 0 Å². The Morgan fingerprint density at radius 3 is 2.30 bits per heavy atom. The monoisotopic (exact) mass is 399 g/mol. The number of hydrogen-bond donors (Lipinski definition) is 1. The van der Waals surface area contributed by atoms with Crippen LogP contribution in [0, 0.1) is 5.92 Å². The van der Waals surface area contributed by atoms with Crippen molar-refractivity contribution in [1.82, 2.24) is 13.9 Å². The summed E-state index contributed by atoms with van der Waals surface area (Å²) in [4.78, 5) is 12.6. The van der Waals surface area contributed by atoms with Crippen LogP contribution in [0.5, 0.6) is 11.5 Å². The summed E-state index contributed by atoms with van der Waals surface area (Å²) in [6.07, 6.45) is 1.02. The lowest BCUT2D eigenvalue weighted by atomic mass is 9.96. The summed E-state index contributed by atoms with van der Waals surface area (Å²) in [5, 5.41) is 3.02. The Balaban J connectivity index is 1.96. The first-order chi connectivity index (χ1) is 12.7. The fourth-order valence-electron chi connectivity index (χ4n) is 3.12. The van der Waals surface area contributed by atoms with Crippen LogP contribution in [0.15, 0.2) is 18.2 Å². The number of carbonyl (C=O) groups excluding carboxylic acids is 1. The SMILES string of the molecule is COc1ccc([C@H](C)NC(=O)C2CCN(S(=O)(=O)N(C)C)CC2)cc1OC. The average Bonchev–Trinajstić information content (AvgIpc) is 2.67. The molecule has 1 atom stereocenters. The molecule has 1 amide bonds. The summed E-state index contributed by atoms with van der Waals surface area (Å²) in [6, 6.07) is 5.34. The number of nitrogens with zero attached hydrogens (tertiary/aromatic N) is 2. The molecule has 0 saturated carbocycles. The largest absolute Gasteiger partial charge is 0.493 e. The highest BCUT2D eigenvalue weighted by atomic mass is 32.2. The van der Waals surface area contributed by atoms with Crippen LogP contribution in [-0.2, 0) is 15.0 Å². The number of carbonyl (C=O) groups is 1. The number of benzene rings is 1. The van der Waals surface area contributed by atoms with Gasteiger partial charge in [-0.25, -0.2) is 0 Å². The Morgan fingerprint density at radius 1 is 1.19 bits per heavy atom. The minimum atomic E-state index is -3.42. The number of nitrogens with one attached hydrogen (secondary N) is 1. The van der Waals surface area contributed by atoms with Gasteiger partial charge in [0.25, 0.3) is 10.2 Å². The molecule has 9 heteroatoms. The summed E-state index contributed by atoms with van der Waals surface area (Å²) in [5.41, 5.74) is 0.911. The van der Waals surface area contributed by atoms with Crippen molar-refractivity contribution in [1.29, 1.82) is 0 Å². The van der Waals surface area contributed by atoms with Crippen molar-refractivity contribution >= 4 is 16.1 Å². The van der Waals surface area contributed by atoms with E-state index < -0.39 is 10.2 Å². The van der Waals surface area contributed by atoms with Gasteiger partial charge in [-0.3, -0.25) is 4.79 Å². The van der Waals surface area contributed by atoms with Crippen molar-refractivity contribution < 1.29 is 22.7 Å². The molecule has 1 heterocycles. The Bertz CT molecular complexity index is 758. The molecule has 152 valence electrons. The van der Waals surface area contributed by atoms with E-state index in [2.05, 4.69) is 5.32 Å². The standard InChI is InChI=1S/C18H29N3O5S/c1-13(15-6-7-16(25-4)17(12-15)26-5)19-18(22)14-8-10-21(11-9-14)27(23,24)20(2)3/h6-7,12-14H,8-11H2,1-5H3,(H,19,22)/t13-/m0/s1. The molecular formula is C18H29N3O5S. The molecule has 1 fully saturated rings. The van der Waals surface area contributed by atoms with Crippen LogP contribution in [0.3, 0.4) is 0 Å². The zero-order valence-corrected chi connectivity index (χ0v) is 17.4. The number of amides is 1. The molecule has 0 bridgehead atoms. The van der Waals surface area contributed by atoms with E-state index in [0.29, 0.717) is 37.4 Å². The van der Waals surface area contributed by atoms with E-state index in [0.717, 1.165) is 5.56 Å². The van der Waals surface area contributed by atoms with Gasteiger partial charge in [0.05, 0.1) is 20.3 Å². The van der Waals surface area contributed by atoms with Crippen LogP contribution in [-0.4, -0.2) is 64.3 Å². The Hall–Kier alpha value is -1.84. The van der Waals surface area contributed by atoms with Gasteiger partial charge in [-0.05, 0) is 37.5 Å². The van der Waals surface area contributed by atoms with Gasteiger partial charge in [-0.2, -0.15) is 17.0 Å². The Kier molecular flexibility index (Phi) is 7.07. The predicted molar refractivity (Wildman–Crippen MR) is 103 cm³/mol. The minimum Gasteiger partial charge on any atom is -0.493 e. The van der Waals surface area contributed by atoms with Crippen molar-refractivity contribution in [3.8, 4) is 11.5 Å².